The van der Waals surface area contributed by atoms with E-state index >= 15 is 0 Å². The van der Waals surface area contributed by atoms with Crippen LogP contribution in [-0.4, -0.2) is 36.0 Å². The Morgan fingerprint density at radius 1 is 1.32 bits per heavy atom. The van der Waals surface area contributed by atoms with E-state index < -0.39 is 12.2 Å². The van der Waals surface area contributed by atoms with Crippen molar-refractivity contribution in [3.05, 3.63) is 29.3 Å². The lowest BCUT2D eigenvalue weighted by atomic mass is 9.97. The van der Waals surface area contributed by atoms with Gasteiger partial charge in [-0.3, -0.25) is 0 Å². The molecule has 1 rings (SSSR count). The number of benzene rings is 1. The van der Waals surface area contributed by atoms with Gasteiger partial charge in [-0.05, 0) is 32.4 Å². The second kappa shape index (κ2) is 7.48. The summed E-state index contributed by atoms with van der Waals surface area (Å²) in [5, 5.41) is 23.0. The molecule has 0 saturated carbocycles. The van der Waals surface area contributed by atoms with Crippen LogP contribution in [0.4, 0.5) is 0 Å². The molecule has 0 fully saturated rings. The molecule has 1 aromatic rings. The minimum atomic E-state index is -0.654. The molecule has 1 aromatic carbocycles. The Balaban J connectivity index is 2.89. The lowest BCUT2D eigenvalue weighted by Crippen LogP contribution is -2.38. The van der Waals surface area contributed by atoms with E-state index in [9.17, 15) is 10.2 Å². The van der Waals surface area contributed by atoms with Gasteiger partial charge in [-0.25, -0.2) is 0 Å². The van der Waals surface area contributed by atoms with Crippen LogP contribution in [0.3, 0.4) is 0 Å². The fourth-order valence-corrected chi connectivity index (χ4v) is 2.10. The zero-order valence-corrected chi connectivity index (χ0v) is 12.2. The molecule has 0 bridgehead atoms. The molecule has 0 aliphatic carbocycles. The summed E-state index contributed by atoms with van der Waals surface area (Å²) in [6.45, 7) is 6.17. The summed E-state index contributed by atoms with van der Waals surface area (Å²) in [4.78, 5) is 0. The maximum atomic E-state index is 10.5. The number of rotatable bonds is 7. The second-order valence-electron chi connectivity index (χ2n) is 4.96. The lowest BCUT2D eigenvalue weighted by Gasteiger charge is -2.25. The van der Waals surface area contributed by atoms with E-state index in [0.717, 1.165) is 17.5 Å². The van der Waals surface area contributed by atoms with Crippen molar-refractivity contribution in [2.75, 3.05) is 13.7 Å². The summed E-state index contributed by atoms with van der Waals surface area (Å²) >= 11 is 0. The molecule has 108 valence electrons. The molecule has 0 spiro atoms. The molecule has 0 saturated heterocycles. The smallest absolute Gasteiger partial charge is 0.124 e. The van der Waals surface area contributed by atoms with E-state index in [1.807, 2.05) is 32.0 Å². The van der Waals surface area contributed by atoms with Crippen LogP contribution >= 0.6 is 0 Å². The third-order valence-electron chi connectivity index (χ3n) is 3.20. The summed E-state index contributed by atoms with van der Waals surface area (Å²) in [5.74, 6) is 0.690. The lowest BCUT2D eigenvalue weighted by molar-refractivity contribution is 0.109. The number of hydrogen-bond acceptors (Lipinski definition) is 4. The van der Waals surface area contributed by atoms with Crippen molar-refractivity contribution in [1.29, 1.82) is 0 Å². The Hall–Kier alpha value is -1.10. The molecule has 3 unspecified atom stereocenters. The predicted molar refractivity (Wildman–Crippen MR) is 76.5 cm³/mol. The zero-order valence-electron chi connectivity index (χ0n) is 12.2. The third kappa shape index (κ3) is 4.49. The van der Waals surface area contributed by atoms with Gasteiger partial charge in [0.05, 0.1) is 19.3 Å². The summed E-state index contributed by atoms with van der Waals surface area (Å²) < 4.78 is 5.30. The minimum Gasteiger partial charge on any atom is -0.496 e. The average molecular weight is 267 g/mol. The molecular formula is C15H25NO3. The van der Waals surface area contributed by atoms with Gasteiger partial charge < -0.3 is 20.3 Å². The number of aliphatic hydroxyl groups excluding tert-OH is 2. The first kappa shape index (κ1) is 16.0. The number of aliphatic hydroxyl groups is 2. The van der Waals surface area contributed by atoms with Crippen LogP contribution in [-0.2, 0) is 0 Å². The quantitative estimate of drug-likeness (QED) is 0.705. The highest BCUT2D eigenvalue weighted by Crippen LogP contribution is 2.29. The SMILES string of the molecule is CCC(NCC(C)O)C(O)c1cc(C)ccc1OC. The van der Waals surface area contributed by atoms with Crippen molar-refractivity contribution in [3.8, 4) is 5.75 Å². The Morgan fingerprint density at radius 3 is 2.53 bits per heavy atom. The van der Waals surface area contributed by atoms with Gasteiger partial charge in [0, 0.05) is 18.2 Å². The standard InChI is InChI=1S/C15H25NO3/c1-5-13(16-9-11(3)17)15(18)12-8-10(2)6-7-14(12)19-4/h6-8,11,13,15-18H,5,9H2,1-4H3. The van der Waals surface area contributed by atoms with Crippen molar-refractivity contribution >= 4 is 0 Å². The van der Waals surface area contributed by atoms with E-state index in [4.69, 9.17) is 4.74 Å². The molecule has 0 aliphatic heterocycles. The van der Waals surface area contributed by atoms with Gasteiger partial charge in [-0.2, -0.15) is 0 Å². The fraction of sp³-hybridized carbons (Fsp3) is 0.600. The van der Waals surface area contributed by atoms with Gasteiger partial charge in [0.15, 0.2) is 0 Å². The number of methoxy groups -OCH3 is 1. The molecule has 3 N–H and O–H groups in total. The molecule has 3 atom stereocenters. The molecule has 0 radical (unpaired) electrons. The van der Waals surface area contributed by atoms with Gasteiger partial charge in [-0.1, -0.05) is 18.6 Å². The summed E-state index contributed by atoms with van der Waals surface area (Å²) in [7, 11) is 1.60. The topological polar surface area (TPSA) is 61.7 Å². The second-order valence-corrected chi connectivity index (χ2v) is 4.96. The van der Waals surface area contributed by atoms with Gasteiger partial charge >= 0.3 is 0 Å². The molecular weight excluding hydrogens is 242 g/mol. The van der Waals surface area contributed by atoms with Crippen molar-refractivity contribution in [2.45, 2.75) is 45.4 Å². The molecule has 19 heavy (non-hydrogen) atoms. The Kier molecular flexibility index (Phi) is 6.28. The highest BCUT2D eigenvalue weighted by molar-refractivity contribution is 5.39. The largest absolute Gasteiger partial charge is 0.496 e. The number of hydrogen-bond donors (Lipinski definition) is 3. The van der Waals surface area contributed by atoms with E-state index in [0.29, 0.717) is 12.3 Å². The van der Waals surface area contributed by atoms with Crippen LogP contribution in [0.25, 0.3) is 0 Å². The summed E-state index contributed by atoms with van der Waals surface area (Å²) in [6, 6.07) is 5.66. The first-order valence-electron chi connectivity index (χ1n) is 6.73. The van der Waals surface area contributed by atoms with Crippen molar-refractivity contribution in [2.24, 2.45) is 0 Å². The average Bonchev–Trinajstić information content (AvgIpc) is 2.38. The normalized spacial score (nSPS) is 15.9. The highest BCUT2D eigenvalue weighted by Gasteiger charge is 2.22. The number of aryl methyl sites for hydroxylation is 1. The summed E-state index contributed by atoms with van der Waals surface area (Å²) in [6.07, 6.45) is -0.315. The molecule has 0 aromatic heterocycles. The zero-order chi connectivity index (χ0) is 14.4. The molecule has 4 heteroatoms. The predicted octanol–water partition coefficient (Wildman–Crippen LogP) is 1.79. The fourth-order valence-electron chi connectivity index (χ4n) is 2.10. The Labute approximate surface area is 115 Å². The number of ether oxygens (including phenoxy) is 1. The van der Waals surface area contributed by atoms with Crippen molar-refractivity contribution in [3.63, 3.8) is 0 Å². The first-order valence-corrected chi connectivity index (χ1v) is 6.73. The number of nitrogens with one attached hydrogen (secondary N) is 1. The monoisotopic (exact) mass is 267 g/mol. The third-order valence-corrected chi connectivity index (χ3v) is 3.20. The van der Waals surface area contributed by atoms with Gasteiger partial charge in [0.25, 0.3) is 0 Å². The molecule has 0 aliphatic rings. The van der Waals surface area contributed by atoms with Crippen LogP contribution in [0.1, 0.15) is 37.5 Å². The van der Waals surface area contributed by atoms with E-state index in [1.54, 1.807) is 14.0 Å². The first-order chi connectivity index (χ1) is 8.99. The van der Waals surface area contributed by atoms with E-state index in [1.165, 1.54) is 0 Å². The van der Waals surface area contributed by atoms with Crippen LogP contribution < -0.4 is 10.1 Å². The Morgan fingerprint density at radius 2 is 2.00 bits per heavy atom. The van der Waals surface area contributed by atoms with Gasteiger partial charge in [0.2, 0.25) is 0 Å². The van der Waals surface area contributed by atoms with E-state index in [2.05, 4.69) is 5.32 Å². The molecule has 4 nitrogen and oxygen atoms in total. The van der Waals surface area contributed by atoms with Crippen LogP contribution in [0.5, 0.6) is 5.75 Å². The van der Waals surface area contributed by atoms with Crippen LogP contribution in [0.2, 0.25) is 0 Å². The van der Waals surface area contributed by atoms with Gasteiger partial charge in [-0.15, -0.1) is 0 Å². The van der Waals surface area contributed by atoms with Gasteiger partial charge in [0.1, 0.15) is 5.75 Å². The minimum absolute atomic E-state index is 0.106. The van der Waals surface area contributed by atoms with Crippen LogP contribution in [0, 0.1) is 6.92 Å². The molecule has 0 heterocycles. The van der Waals surface area contributed by atoms with Crippen molar-refractivity contribution in [1.82, 2.24) is 5.32 Å². The maximum Gasteiger partial charge on any atom is 0.124 e. The summed E-state index contributed by atoms with van der Waals surface area (Å²) in [5.41, 5.74) is 1.87. The van der Waals surface area contributed by atoms with Crippen LogP contribution in [0.15, 0.2) is 18.2 Å². The molecule has 0 amide bonds. The van der Waals surface area contributed by atoms with E-state index in [-0.39, 0.29) is 6.04 Å². The Bertz CT molecular complexity index is 393. The van der Waals surface area contributed by atoms with Crippen molar-refractivity contribution < 1.29 is 14.9 Å². The maximum absolute atomic E-state index is 10.5. The highest BCUT2D eigenvalue weighted by atomic mass is 16.5.